The van der Waals surface area contributed by atoms with Crippen molar-refractivity contribution in [3.63, 3.8) is 0 Å². The van der Waals surface area contributed by atoms with Crippen LogP contribution in [0, 0.1) is 5.92 Å². The molecule has 1 N–H and O–H groups in total. The summed E-state index contributed by atoms with van der Waals surface area (Å²) < 4.78 is 0. The molecule has 0 saturated heterocycles. The highest BCUT2D eigenvalue weighted by Gasteiger charge is 2.38. The summed E-state index contributed by atoms with van der Waals surface area (Å²) >= 11 is 3.77. The van der Waals surface area contributed by atoms with Crippen LogP contribution in [0.3, 0.4) is 0 Å². The van der Waals surface area contributed by atoms with Gasteiger partial charge in [-0.25, -0.2) is 0 Å². The second-order valence-electron chi connectivity index (χ2n) is 6.27. The predicted molar refractivity (Wildman–Crippen MR) is 97.8 cm³/mol. The molecule has 0 spiro atoms. The van der Waals surface area contributed by atoms with Crippen molar-refractivity contribution in [3.05, 3.63) is 41.0 Å². The zero-order valence-electron chi connectivity index (χ0n) is 14.2. The Hall–Kier alpha value is -1.42. The highest BCUT2D eigenvalue weighted by molar-refractivity contribution is 9.09. The first-order valence-electron chi connectivity index (χ1n) is 8.25. The van der Waals surface area contributed by atoms with Gasteiger partial charge in [0.2, 0.25) is 0 Å². The Morgan fingerprint density at radius 1 is 1.13 bits per heavy atom. The SMILES string of the molecule is CCC(CC)C(Br)C1=C(C(=O)NC(C)C)C(=O)c2ccccc21. The average molecular weight is 378 g/mol. The lowest BCUT2D eigenvalue weighted by Crippen LogP contribution is -2.34. The number of carbonyl (C=O) groups is 2. The van der Waals surface area contributed by atoms with Gasteiger partial charge in [0, 0.05) is 16.4 Å². The van der Waals surface area contributed by atoms with Crippen molar-refractivity contribution >= 4 is 33.2 Å². The molecule has 0 aromatic heterocycles. The lowest BCUT2D eigenvalue weighted by atomic mass is 9.90. The fourth-order valence-corrected chi connectivity index (χ4v) is 4.32. The van der Waals surface area contributed by atoms with Crippen molar-refractivity contribution in [1.82, 2.24) is 5.32 Å². The van der Waals surface area contributed by atoms with Crippen molar-refractivity contribution < 1.29 is 9.59 Å². The minimum atomic E-state index is -0.272. The Morgan fingerprint density at radius 3 is 2.22 bits per heavy atom. The molecule has 1 atom stereocenters. The lowest BCUT2D eigenvalue weighted by molar-refractivity contribution is -0.117. The molecular formula is C19H24BrNO2. The third-order valence-corrected chi connectivity index (χ3v) is 5.55. The van der Waals surface area contributed by atoms with Gasteiger partial charge in [0.05, 0.1) is 5.57 Å². The number of hydrogen-bond acceptors (Lipinski definition) is 2. The fraction of sp³-hybridized carbons (Fsp3) is 0.474. The number of carbonyl (C=O) groups excluding carboxylic acids is 2. The molecule has 0 bridgehead atoms. The summed E-state index contributed by atoms with van der Waals surface area (Å²) in [7, 11) is 0. The van der Waals surface area contributed by atoms with Crippen molar-refractivity contribution in [2.24, 2.45) is 5.92 Å². The number of fused-ring (bicyclic) bond motifs is 1. The lowest BCUT2D eigenvalue weighted by Gasteiger charge is -2.23. The highest BCUT2D eigenvalue weighted by Crippen LogP contribution is 2.41. The summed E-state index contributed by atoms with van der Waals surface area (Å²) in [5, 5.41) is 2.87. The molecule has 23 heavy (non-hydrogen) atoms. The standard InChI is InChI=1S/C19H24BrNO2/c1-5-12(6-2)17(20)15-13-9-7-8-10-14(13)18(22)16(15)19(23)21-11(3)4/h7-12,17H,5-6H2,1-4H3,(H,21,23). The third kappa shape index (κ3) is 3.42. The van der Waals surface area contributed by atoms with Crippen LogP contribution in [0.2, 0.25) is 0 Å². The molecule has 1 amide bonds. The molecule has 1 aliphatic carbocycles. The molecule has 3 nitrogen and oxygen atoms in total. The number of allylic oxidation sites excluding steroid dienone is 1. The average Bonchev–Trinajstić information content (AvgIpc) is 2.81. The molecular weight excluding hydrogens is 354 g/mol. The van der Waals surface area contributed by atoms with Crippen molar-refractivity contribution in [2.75, 3.05) is 0 Å². The van der Waals surface area contributed by atoms with Gasteiger partial charge in [-0.1, -0.05) is 66.9 Å². The molecule has 0 fully saturated rings. The number of benzene rings is 1. The van der Waals surface area contributed by atoms with Crippen LogP contribution >= 0.6 is 15.9 Å². The van der Waals surface area contributed by atoms with Gasteiger partial charge >= 0.3 is 0 Å². The largest absolute Gasteiger partial charge is 0.350 e. The van der Waals surface area contributed by atoms with Gasteiger partial charge in [-0.3, -0.25) is 9.59 Å². The van der Waals surface area contributed by atoms with Crippen LogP contribution in [0.15, 0.2) is 29.8 Å². The molecule has 0 heterocycles. The van der Waals surface area contributed by atoms with Crippen LogP contribution in [0.5, 0.6) is 0 Å². The Bertz CT molecular complexity index is 645. The quantitative estimate of drug-likeness (QED) is 0.591. The smallest absolute Gasteiger partial charge is 0.255 e. The number of amides is 1. The van der Waals surface area contributed by atoms with E-state index >= 15 is 0 Å². The normalized spacial score (nSPS) is 15.3. The summed E-state index contributed by atoms with van der Waals surface area (Å²) in [6, 6.07) is 7.50. The zero-order valence-corrected chi connectivity index (χ0v) is 15.7. The number of Topliss-reactive ketones (excluding diaryl/α,β-unsaturated/α-hetero) is 1. The summed E-state index contributed by atoms with van der Waals surface area (Å²) in [4.78, 5) is 25.4. The first kappa shape index (κ1) is 17.9. The first-order valence-corrected chi connectivity index (χ1v) is 9.17. The number of hydrogen-bond donors (Lipinski definition) is 1. The van der Waals surface area contributed by atoms with Gasteiger partial charge in [0.1, 0.15) is 0 Å². The fourth-order valence-electron chi connectivity index (χ4n) is 3.09. The molecule has 0 radical (unpaired) electrons. The Morgan fingerprint density at radius 2 is 1.70 bits per heavy atom. The van der Waals surface area contributed by atoms with Gasteiger partial charge in [0.15, 0.2) is 5.78 Å². The van der Waals surface area contributed by atoms with E-state index in [1.807, 2.05) is 32.0 Å². The Labute approximate surface area is 146 Å². The van der Waals surface area contributed by atoms with Gasteiger partial charge in [-0.05, 0) is 30.9 Å². The predicted octanol–water partition coefficient (Wildman–Crippen LogP) is 4.36. The van der Waals surface area contributed by atoms with Crippen LogP contribution in [-0.2, 0) is 4.79 Å². The molecule has 1 unspecified atom stereocenters. The van der Waals surface area contributed by atoms with Crippen molar-refractivity contribution in [3.8, 4) is 0 Å². The number of ketones is 1. The number of rotatable bonds is 6. The van der Waals surface area contributed by atoms with E-state index in [0.29, 0.717) is 17.1 Å². The topological polar surface area (TPSA) is 46.2 Å². The van der Waals surface area contributed by atoms with Crippen LogP contribution in [0.25, 0.3) is 5.57 Å². The van der Waals surface area contributed by atoms with Crippen LogP contribution in [-0.4, -0.2) is 22.6 Å². The summed E-state index contributed by atoms with van der Waals surface area (Å²) in [6.07, 6.45) is 1.98. The second-order valence-corrected chi connectivity index (χ2v) is 7.26. The van der Waals surface area contributed by atoms with Crippen LogP contribution in [0.1, 0.15) is 56.5 Å². The molecule has 1 aliphatic rings. The van der Waals surface area contributed by atoms with Crippen molar-refractivity contribution in [1.29, 1.82) is 0 Å². The number of halogens is 1. The minimum absolute atomic E-state index is 0.00184. The summed E-state index contributed by atoms with van der Waals surface area (Å²) in [5.41, 5.74) is 2.66. The van der Waals surface area contributed by atoms with Crippen molar-refractivity contribution in [2.45, 2.75) is 51.4 Å². The molecule has 1 aromatic carbocycles. The third-order valence-electron chi connectivity index (χ3n) is 4.34. The maximum absolute atomic E-state index is 12.8. The minimum Gasteiger partial charge on any atom is -0.350 e. The zero-order chi connectivity index (χ0) is 17.1. The molecule has 4 heteroatoms. The van der Waals surface area contributed by atoms with Gasteiger partial charge in [-0.2, -0.15) is 0 Å². The van der Waals surface area contributed by atoms with Gasteiger partial charge in [-0.15, -0.1) is 0 Å². The van der Waals surface area contributed by atoms with E-state index in [2.05, 4.69) is 35.1 Å². The van der Waals surface area contributed by atoms with E-state index in [1.54, 1.807) is 6.07 Å². The van der Waals surface area contributed by atoms with E-state index in [1.165, 1.54) is 0 Å². The monoisotopic (exact) mass is 377 g/mol. The second kappa shape index (κ2) is 7.43. The van der Waals surface area contributed by atoms with E-state index in [4.69, 9.17) is 0 Å². The Kier molecular flexibility index (Phi) is 5.79. The Balaban J connectivity index is 2.57. The molecule has 0 aliphatic heterocycles. The highest BCUT2D eigenvalue weighted by atomic mass is 79.9. The molecule has 0 saturated carbocycles. The van der Waals surface area contributed by atoms with Gasteiger partial charge < -0.3 is 5.32 Å². The first-order chi connectivity index (χ1) is 10.9. The summed E-state index contributed by atoms with van der Waals surface area (Å²) in [5.74, 6) is -0.0541. The number of alkyl halides is 1. The molecule has 2 rings (SSSR count). The maximum Gasteiger partial charge on any atom is 0.255 e. The van der Waals surface area contributed by atoms with E-state index in [-0.39, 0.29) is 22.6 Å². The maximum atomic E-state index is 12.8. The van der Waals surface area contributed by atoms with E-state index < -0.39 is 0 Å². The summed E-state index contributed by atoms with van der Waals surface area (Å²) in [6.45, 7) is 8.08. The van der Waals surface area contributed by atoms with Crippen LogP contribution in [0.4, 0.5) is 0 Å². The number of nitrogens with one attached hydrogen (secondary N) is 1. The van der Waals surface area contributed by atoms with Crippen LogP contribution < -0.4 is 5.32 Å². The molecule has 124 valence electrons. The van der Waals surface area contributed by atoms with E-state index in [9.17, 15) is 9.59 Å². The van der Waals surface area contributed by atoms with E-state index in [0.717, 1.165) is 24.0 Å². The van der Waals surface area contributed by atoms with Gasteiger partial charge in [0.25, 0.3) is 5.91 Å². The molecule has 1 aromatic rings.